The van der Waals surface area contributed by atoms with Gasteiger partial charge in [-0.2, -0.15) is 0 Å². The van der Waals surface area contributed by atoms with E-state index < -0.39 is 0 Å². The Kier molecular flexibility index (Phi) is 59.2. The maximum Gasteiger partial charge on any atom is 0.204 e. The molecule has 0 unspecified atom stereocenters. The summed E-state index contributed by atoms with van der Waals surface area (Å²) < 4.78 is 0. The summed E-state index contributed by atoms with van der Waals surface area (Å²) in [5.41, 5.74) is 4.17. The lowest BCUT2D eigenvalue weighted by Gasteiger charge is -1.32. The highest BCUT2D eigenvalue weighted by Gasteiger charge is 1.19. The highest BCUT2D eigenvalue weighted by Crippen LogP contribution is 0.798. The quantitative estimate of drug-likeness (QED) is 0.385. The fourth-order valence-corrected chi connectivity index (χ4v) is 0. The van der Waals surface area contributed by atoms with E-state index in [0.717, 1.165) is 0 Å². The number of rotatable bonds is 0. The third kappa shape index (κ3) is 1.16. The van der Waals surface area contributed by atoms with Crippen LogP contribution in [0.5, 0.6) is 0 Å². The fourth-order valence-electron chi connectivity index (χ4n) is 0. The summed E-state index contributed by atoms with van der Waals surface area (Å²) in [6.45, 7) is 0. The van der Waals surface area contributed by atoms with Crippen LogP contribution in [0.1, 0.15) is 7.43 Å². The van der Waals surface area contributed by atoms with Gasteiger partial charge in [0.1, 0.15) is 0 Å². The van der Waals surface area contributed by atoms with E-state index in [4.69, 9.17) is 4.79 Å². The maximum absolute atomic E-state index is 8.58. The van der Waals surface area contributed by atoms with Gasteiger partial charge < -0.3 is 5.73 Å². The molecule has 0 spiro atoms. The van der Waals surface area contributed by atoms with Gasteiger partial charge in [-0.25, -0.2) is 0 Å². The van der Waals surface area contributed by atoms with Gasteiger partial charge in [-0.1, -0.05) is 7.43 Å². The molecule has 0 aliphatic carbocycles. The lowest BCUT2D eigenvalue weighted by atomic mass is 11.5. The number of hydrogen-bond donors (Lipinski definition) is 1. The van der Waals surface area contributed by atoms with Crippen molar-refractivity contribution in [2.24, 2.45) is 5.73 Å². The Bertz CT molecular complexity index is 13.5. The summed E-state index contributed by atoms with van der Waals surface area (Å²) in [7, 11) is 0. The molecule has 0 bridgehead atoms. The zero-order valence-corrected chi connectivity index (χ0v) is 1.56. The first-order valence-electron chi connectivity index (χ1n) is 0.569. The summed E-state index contributed by atoms with van der Waals surface area (Å²) >= 11 is 0. The molecule has 0 rings (SSSR count). The summed E-state index contributed by atoms with van der Waals surface area (Å²) in [4.78, 5) is 8.58. The first kappa shape index (κ1) is 9.80. The molecule has 2 N–H and O–H groups in total. The van der Waals surface area contributed by atoms with E-state index >= 15 is 0 Å². The average Bonchev–Trinajstić information content (AvgIpc) is 0.918. The van der Waals surface area contributed by atoms with E-state index in [0.29, 0.717) is 0 Å². The van der Waals surface area contributed by atoms with Crippen molar-refractivity contribution < 1.29 is 4.79 Å². The van der Waals surface area contributed by atoms with Crippen molar-refractivity contribution in [1.82, 2.24) is 0 Å². The van der Waals surface area contributed by atoms with E-state index in [-0.39, 0.29) is 13.8 Å². The molecule has 0 saturated heterocycles. The van der Waals surface area contributed by atoms with Crippen molar-refractivity contribution >= 4 is 6.41 Å². The Morgan fingerprint density at radius 1 is 1.75 bits per heavy atom. The summed E-state index contributed by atoms with van der Waals surface area (Å²) in [5, 5.41) is 0. The minimum atomic E-state index is 0. The largest absolute Gasteiger partial charge is 0.372 e. The summed E-state index contributed by atoms with van der Waals surface area (Å²) in [6.07, 6.45) is 0.250. The summed E-state index contributed by atoms with van der Waals surface area (Å²) in [5.74, 6) is 0. The molecule has 0 aliphatic heterocycles. The van der Waals surface area contributed by atoms with E-state index in [2.05, 4.69) is 5.73 Å². The van der Waals surface area contributed by atoms with Crippen LogP contribution < -0.4 is 5.73 Å². The SMILES string of the molecule is C.NC=O. The minimum absolute atomic E-state index is 0. The van der Waals surface area contributed by atoms with Crippen molar-refractivity contribution in [1.29, 1.82) is 0 Å². The van der Waals surface area contributed by atoms with Crippen LogP contribution in [0.4, 0.5) is 0 Å². The lowest BCUT2D eigenvalue weighted by molar-refractivity contribution is -0.106. The van der Waals surface area contributed by atoms with Crippen molar-refractivity contribution in [2.45, 2.75) is 7.43 Å². The van der Waals surface area contributed by atoms with Gasteiger partial charge in [0.15, 0.2) is 0 Å². The predicted octanol–water partition coefficient (Wildman–Crippen LogP) is -0.262. The van der Waals surface area contributed by atoms with E-state index in [1.54, 1.807) is 0 Å². The smallest absolute Gasteiger partial charge is 0.204 e. The molecule has 0 fully saturated rings. The van der Waals surface area contributed by atoms with Gasteiger partial charge in [0, 0.05) is 0 Å². The normalized spacial score (nSPS) is 3.00. The number of hydrogen-bond acceptors (Lipinski definition) is 1. The standard InChI is InChI=1S/CH3NO.CH4/c2-1-3;/h1H,(H2,2,3);1H4. The van der Waals surface area contributed by atoms with E-state index in [1.165, 1.54) is 0 Å². The molecule has 0 aromatic carbocycles. The highest BCUT2D eigenvalue weighted by molar-refractivity contribution is 5.42. The fraction of sp³-hybridized carbons (Fsp3) is 0.500. The monoisotopic (exact) mass is 61.1 g/mol. The second-order valence-electron chi connectivity index (χ2n) is 0.136. The Labute approximate surface area is 25.6 Å². The van der Waals surface area contributed by atoms with E-state index in [9.17, 15) is 0 Å². The molecular formula is C2H7NO. The number of carbonyl (C=O) groups is 1. The maximum atomic E-state index is 8.58. The van der Waals surface area contributed by atoms with Gasteiger partial charge in [-0.05, 0) is 0 Å². The van der Waals surface area contributed by atoms with Crippen LogP contribution in [0.25, 0.3) is 0 Å². The van der Waals surface area contributed by atoms with Crippen LogP contribution in [-0.4, -0.2) is 6.41 Å². The van der Waals surface area contributed by atoms with Gasteiger partial charge in [0.25, 0.3) is 0 Å². The van der Waals surface area contributed by atoms with Crippen molar-refractivity contribution in [3.63, 3.8) is 0 Å². The van der Waals surface area contributed by atoms with Crippen LogP contribution in [0.15, 0.2) is 0 Å². The van der Waals surface area contributed by atoms with Crippen molar-refractivity contribution in [3.05, 3.63) is 0 Å². The average molecular weight is 61.1 g/mol. The second kappa shape index (κ2) is 24.2. The molecule has 0 heterocycles. The molecule has 0 aromatic rings. The molecule has 0 radical (unpaired) electrons. The Morgan fingerprint density at radius 2 is 1.75 bits per heavy atom. The molecule has 0 aromatic heterocycles. The zero-order valence-electron chi connectivity index (χ0n) is 1.56. The van der Waals surface area contributed by atoms with Gasteiger partial charge in [0.05, 0.1) is 0 Å². The molecule has 1 amide bonds. The number of primary amides is 1. The van der Waals surface area contributed by atoms with Crippen LogP contribution in [-0.2, 0) is 4.79 Å². The zero-order chi connectivity index (χ0) is 2.71. The Hall–Kier alpha value is -0.530. The predicted molar refractivity (Wildman–Crippen MR) is 17.0 cm³/mol. The molecule has 2 heteroatoms. The number of nitrogens with two attached hydrogens (primary N) is 1. The topological polar surface area (TPSA) is 43.1 Å². The minimum Gasteiger partial charge on any atom is -0.372 e. The van der Waals surface area contributed by atoms with Crippen LogP contribution in [0.2, 0.25) is 0 Å². The molecule has 0 aliphatic rings. The van der Waals surface area contributed by atoms with Crippen molar-refractivity contribution in [3.8, 4) is 0 Å². The summed E-state index contributed by atoms with van der Waals surface area (Å²) in [6, 6.07) is 0. The van der Waals surface area contributed by atoms with Gasteiger partial charge in [-0.15, -0.1) is 0 Å². The Balaban J connectivity index is 0. The molecule has 0 saturated carbocycles. The van der Waals surface area contributed by atoms with E-state index in [1.807, 2.05) is 0 Å². The third-order valence-electron chi connectivity index (χ3n) is 0. The Morgan fingerprint density at radius 3 is 1.75 bits per heavy atom. The molecular weight excluding hydrogens is 54.0 g/mol. The van der Waals surface area contributed by atoms with Crippen LogP contribution in [0.3, 0.4) is 0 Å². The molecule has 26 valence electrons. The first-order valence-corrected chi connectivity index (χ1v) is 0.569. The van der Waals surface area contributed by atoms with Gasteiger partial charge in [0.2, 0.25) is 6.41 Å². The van der Waals surface area contributed by atoms with Gasteiger partial charge >= 0.3 is 0 Å². The third-order valence-corrected chi connectivity index (χ3v) is 0. The second-order valence-corrected chi connectivity index (χ2v) is 0.136. The first-order chi connectivity index (χ1) is 1.41. The van der Waals surface area contributed by atoms with Crippen molar-refractivity contribution in [2.75, 3.05) is 0 Å². The number of amides is 1. The number of carbonyl (C=O) groups excluding carboxylic acids is 1. The molecule has 4 heavy (non-hydrogen) atoms. The highest BCUT2D eigenvalue weighted by atomic mass is 16.1. The van der Waals surface area contributed by atoms with Crippen LogP contribution >= 0.6 is 0 Å². The van der Waals surface area contributed by atoms with Crippen LogP contribution in [0, 0.1) is 0 Å². The molecule has 0 atom stereocenters. The molecule has 2 nitrogen and oxygen atoms in total. The van der Waals surface area contributed by atoms with Gasteiger partial charge in [-0.3, -0.25) is 4.79 Å². The lowest BCUT2D eigenvalue weighted by Crippen LogP contribution is -1.82.